The molecule has 108 valence electrons. The van der Waals surface area contributed by atoms with Crippen LogP contribution in [-0.2, 0) is 11.3 Å². The first-order valence-corrected chi connectivity index (χ1v) is 7.02. The summed E-state index contributed by atoms with van der Waals surface area (Å²) in [7, 11) is 0. The third-order valence-corrected chi connectivity index (χ3v) is 3.63. The molecular formula is C14H25N3O2. The van der Waals surface area contributed by atoms with Gasteiger partial charge in [-0.1, -0.05) is 13.8 Å². The molecule has 0 amide bonds. The second kappa shape index (κ2) is 7.28. The molecule has 0 saturated carbocycles. The summed E-state index contributed by atoms with van der Waals surface area (Å²) in [4.78, 5) is 11.5. The van der Waals surface area contributed by atoms with E-state index in [0.29, 0.717) is 12.8 Å². The summed E-state index contributed by atoms with van der Waals surface area (Å²) in [6.07, 6.45) is 4.74. The lowest BCUT2D eigenvalue weighted by atomic mass is 9.90. The van der Waals surface area contributed by atoms with Gasteiger partial charge in [-0.25, -0.2) is 0 Å². The first-order valence-electron chi connectivity index (χ1n) is 7.02. The van der Waals surface area contributed by atoms with Gasteiger partial charge in [0.15, 0.2) is 0 Å². The average Bonchev–Trinajstić information content (AvgIpc) is 2.79. The molecule has 19 heavy (non-hydrogen) atoms. The third kappa shape index (κ3) is 4.06. The Kier molecular flexibility index (Phi) is 6.02. The molecule has 0 aromatic carbocycles. The van der Waals surface area contributed by atoms with E-state index in [4.69, 9.17) is 0 Å². The van der Waals surface area contributed by atoms with Crippen LogP contribution < -0.4 is 5.32 Å². The van der Waals surface area contributed by atoms with Gasteiger partial charge in [0.05, 0.1) is 0 Å². The van der Waals surface area contributed by atoms with Crippen molar-refractivity contribution < 1.29 is 9.90 Å². The van der Waals surface area contributed by atoms with Crippen LogP contribution in [0.2, 0.25) is 0 Å². The summed E-state index contributed by atoms with van der Waals surface area (Å²) in [5.41, 5.74) is 0.316. The second-order valence-corrected chi connectivity index (χ2v) is 4.97. The zero-order chi connectivity index (χ0) is 14.3. The van der Waals surface area contributed by atoms with Crippen molar-refractivity contribution in [1.29, 1.82) is 0 Å². The Morgan fingerprint density at radius 2 is 2.26 bits per heavy atom. The van der Waals surface area contributed by atoms with Crippen molar-refractivity contribution in [3.05, 3.63) is 18.0 Å². The van der Waals surface area contributed by atoms with Crippen molar-refractivity contribution in [2.24, 2.45) is 0 Å². The van der Waals surface area contributed by atoms with E-state index < -0.39 is 11.5 Å². The van der Waals surface area contributed by atoms with Crippen molar-refractivity contribution in [1.82, 2.24) is 15.1 Å². The summed E-state index contributed by atoms with van der Waals surface area (Å²) in [6.45, 7) is 7.48. The quantitative estimate of drug-likeness (QED) is 0.720. The topological polar surface area (TPSA) is 67.2 Å². The van der Waals surface area contributed by atoms with E-state index >= 15 is 0 Å². The fourth-order valence-electron chi connectivity index (χ4n) is 2.25. The summed E-state index contributed by atoms with van der Waals surface area (Å²) in [6, 6.07) is 1.96. The fraction of sp³-hybridized carbons (Fsp3) is 0.714. The highest BCUT2D eigenvalue weighted by Gasteiger charge is 2.35. The van der Waals surface area contributed by atoms with Crippen molar-refractivity contribution >= 4 is 5.97 Å². The molecule has 1 unspecified atom stereocenters. The highest BCUT2D eigenvalue weighted by molar-refractivity contribution is 5.78. The first-order chi connectivity index (χ1) is 9.05. The van der Waals surface area contributed by atoms with Crippen LogP contribution in [0.15, 0.2) is 12.3 Å². The largest absolute Gasteiger partial charge is 0.480 e. The zero-order valence-corrected chi connectivity index (χ0v) is 12.1. The molecule has 0 bridgehead atoms. The van der Waals surface area contributed by atoms with Crippen molar-refractivity contribution in [3.63, 3.8) is 0 Å². The number of aliphatic carboxylic acids is 1. The van der Waals surface area contributed by atoms with Gasteiger partial charge in [0.25, 0.3) is 0 Å². The van der Waals surface area contributed by atoms with E-state index in [1.165, 1.54) is 0 Å². The molecule has 2 N–H and O–H groups in total. The number of hydrogen-bond donors (Lipinski definition) is 2. The number of carboxylic acid groups (broad SMARTS) is 1. The summed E-state index contributed by atoms with van der Waals surface area (Å²) in [5, 5.41) is 16.9. The zero-order valence-electron chi connectivity index (χ0n) is 12.1. The van der Waals surface area contributed by atoms with Crippen LogP contribution in [0, 0.1) is 6.92 Å². The van der Waals surface area contributed by atoms with Crippen molar-refractivity contribution in [2.75, 3.05) is 6.54 Å². The van der Waals surface area contributed by atoms with Crippen LogP contribution in [0.4, 0.5) is 0 Å². The lowest BCUT2D eigenvalue weighted by Crippen LogP contribution is -2.52. The first kappa shape index (κ1) is 15.7. The minimum Gasteiger partial charge on any atom is -0.480 e. The average molecular weight is 267 g/mol. The molecule has 1 rings (SSSR count). The summed E-state index contributed by atoms with van der Waals surface area (Å²) in [5.74, 6) is -0.749. The van der Waals surface area contributed by atoms with E-state index in [1.54, 1.807) is 6.20 Å². The normalized spacial score (nSPS) is 14.3. The van der Waals surface area contributed by atoms with Gasteiger partial charge in [-0.3, -0.25) is 9.48 Å². The van der Waals surface area contributed by atoms with E-state index in [-0.39, 0.29) is 0 Å². The summed E-state index contributed by atoms with van der Waals surface area (Å²) >= 11 is 0. The van der Waals surface area contributed by atoms with Crippen LogP contribution in [0.5, 0.6) is 0 Å². The van der Waals surface area contributed by atoms with Crippen molar-refractivity contribution in [3.8, 4) is 0 Å². The van der Waals surface area contributed by atoms with Crippen LogP contribution in [-0.4, -0.2) is 32.9 Å². The Bertz CT molecular complexity index is 403. The smallest absolute Gasteiger partial charge is 0.323 e. The predicted octanol–water partition coefficient (Wildman–Crippen LogP) is 2.20. The molecule has 0 aliphatic carbocycles. The number of aromatic nitrogens is 2. The number of rotatable bonds is 9. The van der Waals surface area contributed by atoms with E-state index in [0.717, 1.165) is 31.6 Å². The minimum atomic E-state index is -0.795. The van der Waals surface area contributed by atoms with Gasteiger partial charge in [-0.2, -0.15) is 5.10 Å². The number of aryl methyl sites for hydroxylation is 2. The Hall–Kier alpha value is -1.36. The lowest BCUT2D eigenvalue weighted by Gasteiger charge is -2.29. The van der Waals surface area contributed by atoms with Gasteiger partial charge in [0, 0.05) is 18.4 Å². The molecule has 0 spiro atoms. The lowest BCUT2D eigenvalue weighted by molar-refractivity contribution is -0.145. The van der Waals surface area contributed by atoms with Crippen LogP contribution in [0.3, 0.4) is 0 Å². The molecule has 1 atom stereocenters. The molecule has 0 aliphatic heterocycles. The van der Waals surface area contributed by atoms with E-state index in [2.05, 4.69) is 10.4 Å². The number of nitrogens with zero attached hydrogens (tertiary/aromatic N) is 2. The van der Waals surface area contributed by atoms with E-state index in [9.17, 15) is 9.90 Å². The standard InChI is InChI=1S/C14H25N3O2/c1-4-9-15-14(5-2,13(18)19)8-6-11-17-12(3)7-10-16-17/h7,10,15H,4-6,8-9,11H2,1-3H3,(H,18,19). The molecule has 0 saturated heterocycles. The molecule has 5 heteroatoms. The van der Waals surface area contributed by atoms with Gasteiger partial charge in [-0.15, -0.1) is 0 Å². The SMILES string of the molecule is CCCNC(CC)(CCCn1nccc1C)C(=O)O. The Labute approximate surface area is 115 Å². The maximum atomic E-state index is 11.5. The van der Waals surface area contributed by atoms with E-state index in [1.807, 2.05) is 31.5 Å². The number of carboxylic acids is 1. The van der Waals surface area contributed by atoms with Gasteiger partial charge in [0.1, 0.15) is 5.54 Å². The Balaban J connectivity index is 2.57. The highest BCUT2D eigenvalue weighted by Crippen LogP contribution is 2.19. The number of nitrogens with one attached hydrogen (secondary N) is 1. The van der Waals surface area contributed by atoms with Gasteiger partial charge in [-0.05, 0) is 45.2 Å². The monoisotopic (exact) mass is 267 g/mol. The second-order valence-electron chi connectivity index (χ2n) is 4.97. The molecule has 0 fully saturated rings. The molecule has 0 aliphatic rings. The van der Waals surface area contributed by atoms with Crippen LogP contribution in [0.25, 0.3) is 0 Å². The number of hydrogen-bond acceptors (Lipinski definition) is 3. The van der Waals surface area contributed by atoms with Crippen molar-refractivity contribution in [2.45, 2.75) is 58.5 Å². The molecule has 1 aromatic rings. The maximum Gasteiger partial charge on any atom is 0.323 e. The van der Waals surface area contributed by atoms with Gasteiger partial charge >= 0.3 is 5.97 Å². The van der Waals surface area contributed by atoms with Crippen LogP contribution >= 0.6 is 0 Å². The Morgan fingerprint density at radius 3 is 2.74 bits per heavy atom. The molecule has 5 nitrogen and oxygen atoms in total. The highest BCUT2D eigenvalue weighted by atomic mass is 16.4. The molecule has 0 radical (unpaired) electrons. The predicted molar refractivity (Wildman–Crippen MR) is 75.1 cm³/mol. The molecular weight excluding hydrogens is 242 g/mol. The summed E-state index contributed by atoms with van der Waals surface area (Å²) < 4.78 is 1.92. The molecule has 1 aromatic heterocycles. The number of carbonyl (C=O) groups is 1. The van der Waals surface area contributed by atoms with Gasteiger partial charge < -0.3 is 10.4 Å². The molecule has 1 heterocycles. The third-order valence-electron chi connectivity index (χ3n) is 3.63. The maximum absolute atomic E-state index is 11.5. The van der Waals surface area contributed by atoms with Crippen LogP contribution in [0.1, 0.15) is 45.2 Å². The fourth-order valence-corrected chi connectivity index (χ4v) is 2.25. The minimum absolute atomic E-state index is 0.598. The Morgan fingerprint density at radius 1 is 1.53 bits per heavy atom. The van der Waals surface area contributed by atoms with Gasteiger partial charge in [0.2, 0.25) is 0 Å².